The van der Waals surface area contributed by atoms with E-state index in [0.717, 1.165) is 30.7 Å². The molecule has 232 valence electrons. The number of aliphatic carboxylic acids is 2. The minimum absolute atomic E-state index is 0.0149. The zero-order valence-electron chi connectivity index (χ0n) is 25.2. The molecule has 3 fully saturated rings. The number of carbonyl (C=O) groups is 3. The van der Waals surface area contributed by atoms with Crippen LogP contribution in [0.3, 0.4) is 0 Å². The number of hydrogen-bond donors (Lipinski definition) is 2. The number of ether oxygens (including phenoxy) is 5. The van der Waals surface area contributed by atoms with Gasteiger partial charge in [0.25, 0.3) is 0 Å². The summed E-state index contributed by atoms with van der Waals surface area (Å²) in [5, 5.41) is 14.8. The lowest BCUT2D eigenvalue weighted by Gasteiger charge is -2.42. The largest absolute Gasteiger partial charge is 0.492 e. The lowest BCUT2D eigenvalue weighted by atomic mass is 9.68. The molecule has 3 aliphatic rings. The molecule has 0 bridgehead atoms. The van der Waals surface area contributed by atoms with Crippen LogP contribution in [-0.4, -0.2) is 103 Å². The molecule has 0 aromatic heterocycles. The first kappa shape index (κ1) is 33.3. The molecule has 2 N–H and O–H groups in total. The van der Waals surface area contributed by atoms with Crippen LogP contribution in [0.5, 0.6) is 5.75 Å². The third-order valence-electron chi connectivity index (χ3n) is 7.79. The molecule has 1 aromatic rings. The molecule has 1 spiro atoms. The summed E-state index contributed by atoms with van der Waals surface area (Å²) in [6, 6.07) is 7.67. The van der Waals surface area contributed by atoms with Crippen molar-refractivity contribution in [3.8, 4) is 5.75 Å². The molecular formula is C31H43NO10. The molecule has 11 nitrogen and oxygen atoms in total. The van der Waals surface area contributed by atoms with E-state index in [0.29, 0.717) is 19.6 Å². The van der Waals surface area contributed by atoms with E-state index in [1.54, 1.807) is 13.2 Å². The summed E-state index contributed by atoms with van der Waals surface area (Å²) in [4.78, 5) is 33.0. The van der Waals surface area contributed by atoms with Gasteiger partial charge in [-0.2, -0.15) is 0 Å². The van der Waals surface area contributed by atoms with Crippen molar-refractivity contribution in [2.75, 3.05) is 41.0 Å². The average Bonchev–Trinajstić information content (AvgIpc) is 3.85. The average molecular weight is 590 g/mol. The molecule has 0 radical (unpaired) electrons. The SMILES string of the molecule is CO[C@@H]1[C@H](OC(=O)/C=C/c2ccc(OCCN(C)C)cc2)CC[C@]2(CO2)[C@H]1[C@]1(C)O[C@@H]1CC=C(C)C.O=C(O)C(=O)O. The topological polar surface area (TPSA) is 148 Å². The minimum Gasteiger partial charge on any atom is -0.492 e. The van der Waals surface area contributed by atoms with Crippen LogP contribution in [0.1, 0.15) is 45.6 Å². The maximum atomic E-state index is 12.7. The predicted molar refractivity (Wildman–Crippen MR) is 154 cm³/mol. The monoisotopic (exact) mass is 589 g/mol. The Morgan fingerprint density at radius 2 is 1.76 bits per heavy atom. The number of benzene rings is 1. The summed E-state index contributed by atoms with van der Waals surface area (Å²) >= 11 is 0. The fourth-order valence-corrected chi connectivity index (χ4v) is 5.44. The van der Waals surface area contributed by atoms with Crippen LogP contribution in [0.15, 0.2) is 42.0 Å². The Balaban J connectivity index is 0.000000730. The van der Waals surface area contributed by atoms with Crippen LogP contribution in [0.4, 0.5) is 0 Å². The van der Waals surface area contributed by atoms with E-state index in [9.17, 15) is 4.79 Å². The van der Waals surface area contributed by atoms with Crippen molar-refractivity contribution < 1.29 is 48.3 Å². The molecule has 1 aliphatic carbocycles. The van der Waals surface area contributed by atoms with Gasteiger partial charge in [-0.25, -0.2) is 14.4 Å². The minimum atomic E-state index is -1.82. The number of epoxide rings is 2. The second kappa shape index (κ2) is 14.3. The number of nitrogens with zero attached hydrogens (tertiary/aromatic N) is 1. The van der Waals surface area contributed by atoms with Gasteiger partial charge >= 0.3 is 17.9 Å². The Kier molecular flexibility index (Phi) is 11.3. The first-order valence-electron chi connectivity index (χ1n) is 14.0. The van der Waals surface area contributed by atoms with E-state index >= 15 is 0 Å². The number of likely N-dealkylation sites (N-methyl/N-ethyl adjacent to an activating group) is 1. The van der Waals surface area contributed by atoms with Crippen LogP contribution < -0.4 is 4.74 Å². The third-order valence-corrected chi connectivity index (χ3v) is 7.79. The maximum absolute atomic E-state index is 12.7. The van der Waals surface area contributed by atoms with Crippen molar-refractivity contribution in [3.05, 3.63) is 47.6 Å². The first-order valence-corrected chi connectivity index (χ1v) is 14.0. The van der Waals surface area contributed by atoms with E-state index in [1.165, 1.54) is 11.6 Å². The van der Waals surface area contributed by atoms with Crippen molar-refractivity contribution in [1.29, 1.82) is 0 Å². The highest BCUT2D eigenvalue weighted by Crippen LogP contribution is 2.59. The standard InChI is InChI=1S/C29H41NO6.C2H2O4/c1-20(2)7-13-24-28(3,36-24)27-26(32-6)23(15-16-29(27)19-34-29)35-25(31)14-10-21-8-11-22(12-9-21)33-18-17-30(4)5;3-1(4)2(5)6/h7-12,14,23-24,26-27H,13,15-19H2,1-6H3;(H,3,4)(H,5,6)/b14-10+;/t23-,24-,26-,27-,28-,29+;/m1./s1. The fraction of sp³-hybridized carbons (Fsp3) is 0.581. The number of carboxylic acids is 2. The highest BCUT2D eigenvalue weighted by Gasteiger charge is 2.72. The van der Waals surface area contributed by atoms with E-state index < -0.39 is 11.9 Å². The van der Waals surface area contributed by atoms with Crippen molar-refractivity contribution >= 4 is 24.0 Å². The van der Waals surface area contributed by atoms with E-state index in [-0.39, 0.29) is 41.4 Å². The zero-order chi connectivity index (χ0) is 31.1. The first-order chi connectivity index (χ1) is 19.8. The van der Waals surface area contributed by atoms with E-state index in [2.05, 4.69) is 31.7 Å². The zero-order valence-corrected chi connectivity index (χ0v) is 25.2. The molecule has 2 heterocycles. The molecule has 4 rings (SSSR count). The van der Waals surface area contributed by atoms with Crippen molar-refractivity contribution in [2.24, 2.45) is 5.92 Å². The molecule has 6 atom stereocenters. The molecule has 1 aromatic carbocycles. The number of rotatable bonds is 11. The Morgan fingerprint density at radius 1 is 1.12 bits per heavy atom. The summed E-state index contributed by atoms with van der Waals surface area (Å²) in [6.45, 7) is 8.54. The van der Waals surface area contributed by atoms with Gasteiger partial charge in [-0.3, -0.25) is 0 Å². The third kappa shape index (κ3) is 8.87. The normalized spacial score (nSPS) is 29.4. The van der Waals surface area contributed by atoms with Crippen molar-refractivity contribution in [1.82, 2.24) is 4.90 Å². The van der Waals surface area contributed by atoms with Crippen LogP contribution >= 0.6 is 0 Å². The van der Waals surface area contributed by atoms with Gasteiger partial charge < -0.3 is 38.8 Å². The molecule has 2 aliphatic heterocycles. The summed E-state index contributed by atoms with van der Waals surface area (Å²) in [5.74, 6) is -3.20. The lowest BCUT2D eigenvalue weighted by molar-refractivity contribution is -0.166. The Labute approximate surface area is 247 Å². The highest BCUT2D eigenvalue weighted by atomic mass is 16.6. The van der Waals surface area contributed by atoms with Crippen LogP contribution in [0.25, 0.3) is 6.08 Å². The maximum Gasteiger partial charge on any atom is 0.414 e. The van der Waals surface area contributed by atoms with Gasteiger partial charge in [0.2, 0.25) is 0 Å². The molecular weight excluding hydrogens is 546 g/mol. The van der Waals surface area contributed by atoms with Crippen LogP contribution in [0, 0.1) is 5.92 Å². The number of carboxylic acid groups (broad SMARTS) is 2. The van der Waals surface area contributed by atoms with Crippen molar-refractivity contribution in [3.63, 3.8) is 0 Å². The van der Waals surface area contributed by atoms with Crippen LogP contribution in [0.2, 0.25) is 0 Å². The van der Waals surface area contributed by atoms with E-state index in [1.807, 2.05) is 38.4 Å². The summed E-state index contributed by atoms with van der Waals surface area (Å²) in [7, 11) is 5.72. The number of methoxy groups -OCH3 is 1. The summed E-state index contributed by atoms with van der Waals surface area (Å²) in [5.41, 5.74) is 1.61. The predicted octanol–water partition coefficient (Wildman–Crippen LogP) is 3.42. The number of esters is 1. The van der Waals surface area contributed by atoms with Gasteiger partial charge in [0.05, 0.1) is 18.6 Å². The van der Waals surface area contributed by atoms with Gasteiger partial charge in [0, 0.05) is 19.7 Å². The number of carbonyl (C=O) groups excluding carboxylic acids is 1. The lowest BCUT2D eigenvalue weighted by Crippen LogP contribution is -2.55. The van der Waals surface area contributed by atoms with Gasteiger partial charge in [-0.1, -0.05) is 23.8 Å². The summed E-state index contributed by atoms with van der Waals surface area (Å²) < 4.78 is 29.8. The quantitative estimate of drug-likeness (QED) is 0.129. The molecule has 0 unspecified atom stereocenters. The highest BCUT2D eigenvalue weighted by molar-refractivity contribution is 6.27. The Morgan fingerprint density at radius 3 is 2.29 bits per heavy atom. The summed E-state index contributed by atoms with van der Waals surface area (Å²) in [6.07, 6.45) is 7.38. The number of hydrogen-bond acceptors (Lipinski definition) is 9. The fourth-order valence-electron chi connectivity index (χ4n) is 5.44. The molecule has 11 heteroatoms. The van der Waals surface area contributed by atoms with Gasteiger partial charge in [-0.05, 0) is 77.9 Å². The van der Waals surface area contributed by atoms with Gasteiger partial charge in [0.15, 0.2) is 0 Å². The van der Waals surface area contributed by atoms with Crippen LogP contribution in [-0.2, 0) is 33.3 Å². The van der Waals surface area contributed by atoms with E-state index in [4.69, 9.17) is 43.5 Å². The molecule has 1 saturated carbocycles. The second-order valence-corrected chi connectivity index (χ2v) is 11.5. The Hall–Kier alpha value is -3.25. The smallest absolute Gasteiger partial charge is 0.414 e. The van der Waals surface area contributed by atoms with Crippen molar-refractivity contribution in [2.45, 2.75) is 69.5 Å². The Bertz CT molecular complexity index is 1140. The molecule has 42 heavy (non-hydrogen) atoms. The molecule has 0 amide bonds. The molecule has 2 saturated heterocycles. The van der Waals surface area contributed by atoms with Gasteiger partial charge in [-0.15, -0.1) is 0 Å². The number of allylic oxidation sites excluding steroid dienone is 1. The van der Waals surface area contributed by atoms with Gasteiger partial charge in [0.1, 0.15) is 35.8 Å². The second-order valence-electron chi connectivity index (χ2n) is 11.5.